The van der Waals surface area contributed by atoms with Crippen molar-refractivity contribution in [3.8, 4) is 5.75 Å². The average molecular weight is 566 g/mol. The number of hydrogen-bond donors (Lipinski definition) is 5. The van der Waals surface area contributed by atoms with Crippen LogP contribution in [0, 0.1) is 5.92 Å². The second-order valence-electron chi connectivity index (χ2n) is 10.1. The van der Waals surface area contributed by atoms with E-state index >= 15 is 0 Å². The van der Waals surface area contributed by atoms with Gasteiger partial charge in [-0.25, -0.2) is 0 Å². The van der Waals surface area contributed by atoms with Gasteiger partial charge in [-0.1, -0.05) is 24.3 Å². The minimum Gasteiger partial charge on any atom is -0.490 e. The number of aliphatic hydroxyl groups excluding tert-OH is 2. The largest absolute Gasteiger partial charge is 0.490 e. The van der Waals surface area contributed by atoms with Crippen molar-refractivity contribution in [3.63, 3.8) is 0 Å². The molecule has 0 aliphatic carbocycles. The number of nitrogens with one attached hydrogen (secondary N) is 3. The zero-order valence-electron chi connectivity index (χ0n) is 21.8. The van der Waals surface area contributed by atoms with Gasteiger partial charge in [-0.15, -0.1) is 0 Å². The molecule has 2 aromatic rings. The molecule has 3 heterocycles. The van der Waals surface area contributed by atoms with Gasteiger partial charge in [0.15, 0.2) is 0 Å². The minimum absolute atomic E-state index is 0.00860. The molecule has 13 heteroatoms. The Bertz CT molecular complexity index is 1140. The summed E-state index contributed by atoms with van der Waals surface area (Å²) in [5.74, 6) is -1.32. The second kappa shape index (κ2) is 13.4. The van der Waals surface area contributed by atoms with Gasteiger partial charge in [-0.05, 0) is 30.5 Å². The van der Waals surface area contributed by atoms with Crippen LogP contribution in [0.25, 0.3) is 0 Å². The van der Waals surface area contributed by atoms with E-state index in [1.54, 1.807) is 47.6 Å². The first-order valence-corrected chi connectivity index (χ1v) is 13.2. The van der Waals surface area contributed by atoms with E-state index < -0.39 is 48.8 Å². The van der Waals surface area contributed by atoms with E-state index in [9.17, 15) is 33.0 Å². The van der Waals surface area contributed by atoms with E-state index in [1.807, 2.05) is 11.4 Å². The maximum absolute atomic E-state index is 13.6. The van der Waals surface area contributed by atoms with Crippen molar-refractivity contribution in [2.75, 3.05) is 39.3 Å². The Hall–Kier alpha value is -3.26. The molecular weight excluding hydrogens is 531 g/mol. The Labute approximate surface area is 229 Å². The van der Waals surface area contributed by atoms with Gasteiger partial charge in [-0.3, -0.25) is 19.5 Å². The number of carbonyl (C=O) groups excluding carboxylic acids is 2. The third-order valence-electron chi connectivity index (χ3n) is 7.04. The minimum atomic E-state index is -4.53. The molecule has 5 atom stereocenters. The summed E-state index contributed by atoms with van der Waals surface area (Å²) in [5.41, 5.74) is 1.41. The highest BCUT2D eigenvalue weighted by atomic mass is 19.4. The molecule has 2 aliphatic rings. The molecule has 0 bridgehead atoms. The Morgan fingerprint density at radius 3 is 2.77 bits per heavy atom. The zero-order valence-corrected chi connectivity index (χ0v) is 21.8. The Morgan fingerprint density at radius 1 is 1.23 bits per heavy atom. The molecule has 2 amide bonds. The molecule has 5 N–H and O–H groups in total. The fourth-order valence-electron chi connectivity index (χ4n) is 5.08. The summed E-state index contributed by atoms with van der Waals surface area (Å²) in [7, 11) is 0. The summed E-state index contributed by atoms with van der Waals surface area (Å²) in [6, 6.07) is 9.05. The molecule has 2 aliphatic heterocycles. The van der Waals surface area contributed by atoms with Crippen LogP contribution in [0.4, 0.5) is 13.2 Å². The summed E-state index contributed by atoms with van der Waals surface area (Å²) in [5, 5.41) is 29.4. The lowest BCUT2D eigenvalue weighted by molar-refractivity contribution is -0.142. The summed E-state index contributed by atoms with van der Waals surface area (Å²) in [6.45, 7) is -0.462. The number of benzene rings is 1. The van der Waals surface area contributed by atoms with Crippen LogP contribution in [-0.4, -0.2) is 95.7 Å². The van der Waals surface area contributed by atoms with E-state index in [-0.39, 0.29) is 38.4 Å². The number of alkyl halides is 3. The summed E-state index contributed by atoms with van der Waals surface area (Å²) >= 11 is 0. The molecule has 0 saturated carbocycles. The van der Waals surface area contributed by atoms with E-state index in [2.05, 4.69) is 15.6 Å². The number of amides is 2. The number of nitrogens with zero attached hydrogens (tertiary/aromatic N) is 2. The van der Waals surface area contributed by atoms with E-state index in [0.29, 0.717) is 24.4 Å². The van der Waals surface area contributed by atoms with Crippen LogP contribution in [0.3, 0.4) is 0 Å². The van der Waals surface area contributed by atoms with Gasteiger partial charge >= 0.3 is 6.18 Å². The number of rotatable bonds is 10. The molecule has 1 unspecified atom stereocenters. The average Bonchev–Trinajstić information content (AvgIpc) is 2.93. The van der Waals surface area contributed by atoms with Gasteiger partial charge < -0.3 is 30.9 Å². The van der Waals surface area contributed by atoms with Crippen LogP contribution in [0.1, 0.15) is 23.6 Å². The highest BCUT2D eigenvalue weighted by molar-refractivity contribution is 5.82. The first-order valence-electron chi connectivity index (χ1n) is 13.2. The standard InChI is InChI=1S/C27H34F3N5O5/c28-27(29,30)16-33-26(39)21-13-32-8-9-35(21)14-19(36)11-18(10-17-4-3-7-31-12-17)25(38)34-24-20-5-1-2-6-23(20)40-15-22(24)37/h1-7,12,18-19,21-22,24,32,36-37H,8-11,13-16H2,(H,33,39)(H,34,38)/t18?,19-,21-,22+,24-/m0/s1. The lowest BCUT2D eigenvalue weighted by Crippen LogP contribution is -2.60. The smallest absolute Gasteiger partial charge is 0.405 e. The van der Waals surface area contributed by atoms with Crippen LogP contribution in [0.15, 0.2) is 48.8 Å². The number of ether oxygens (including phenoxy) is 1. The fourth-order valence-corrected chi connectivity index (χ4v) is 5.08. The highest BCUT2D eigenvalue weighted by Gasteiger charge is 2.36. The molecule has 10 nitrogen and oxygen atoms in total. The monoisotopic (exact) mass is 565 g/mol. The molecule has 0 spiro atoms. The van der Waals surface area contributed by atoms with Crippen LogP contribution in [-0.2, 0) is 16.0 Å². The van der Waals surface area contributed by atoms with Crippen molar-refractivity contribution in [1.82, 2.24) is 25.8 Å². The topological polar surface area (TPSA) is 136 Å². The SMILES string of the molecule is O=C(N[C@H]1c2ccccc2OC[C@H]1O)C(Cc1cccnc1)C[C@H](O)CN1CCNC[C@H]1C(=O)NCC(F)(F)F. The quantitative estimate of drug-likeness (QED) is 0.282. The maximum Gasteiger partial charge on any atom is 0.405 e. The number of hydrogen-bond acceptors (Lipinski definition) is 8. The molecular formula is C27H34F3N5O5. The van der Waals surface area contributed by atoms with Crippen molar-refractivity contribution in [3.05, 3.63) is 59.9 Å². The van der Waals surface area contributed by atoms with E-state index in [4.69, 9.17) is 4.74 Å². The Kier molecular flexibility index (Phi) is 9.95. The van der Waals surface area contributed by atoms with Crippen molar-refractivity contribution < 1.29 is 37.7 Å². The number of β-amino-alcohol motifs (C(OH)–C–C–N with tert-alkyl or cyclic N) is 1. The number of piperazine rings is 1. The first-order chi connectivity index (χ1) is 19.1. The molecule has 0 radical (unpaired) electrons. The highest BCUT2D eigenvalue weighted by Crippen LogP contribution is 2.32. The summed E-state index contributed by atoms with van der Waals surface area (Å²) in [6.07, 6.45) is -3.06. The van der Waals surface area contributed by atoms with Crippen LogP contribution < -0.4 is 20.7 Å². The number of aromatic nitrogens is 1. The van der Waals surface area contributed by atoms with Crippen molar-refractivity contribution in [2.24, 2.45) is 5.92 Å². The van der Waals surface area contributed by atoms with Gasteiger partial charge in [0.1, 0.15) is 31.0 Å². The van der Waals surface area contributed by atoms with Crippen LogP contribution in [0.2, 0.25) is 0 Å². The lowest BCUT2D eigenvalue weighted by Gasteiger charge is -2.37. The third-order valence-corrected chi connectivity index (χ3v) is 7.04. The molecule has 1 saturated heterocycles. The van der Waals surface area contributed by atoms with Crippen molar-refractivity contribution in [1.29, 1.82) is 0 Å². The molecule has 1 aromatic heterocycles. The van der Waals surface area contributed by atoms with Crippen molar-refractivity contribution in [2.45, 2.75) is 43.3 Å². The molecule has 1 aromatic carbocycles. The lowest BCUT2D eigenvalue weighted by atomic mass is 9.91. The number of fused-ring (bicyclic) bond motifs is 1. The van der Waals surface area contributed by atoms with Gasteiger partial charge in [0.25, 0.3) is 0 Å². The van der Waals surface area contributed by atoms with Crippen LogP contribution >= 0.6 is 0 Å². The van der Waals surface area contributed by atoms with Crippen LogP contribution in [0.5, 0.6) is 5.75 Å². The normalized spacial score (nSPS) is 22.9. The zero-order chi connectivity index (χ0) is 28.7. The second-order valence-corrected chi connectivity index (χ2v) is 10.1. The number of halogens is 3. The predicted molar refractivity (Wildman–Crippen MR) is 138 cm³/mol. The van der Waals surface area contributed by atoms with E-state index in [1.165, 1.54) is 0 Å². The third kappa shape index (κ3) is 8.13. The number of aliphatic hydroxyl groups is 2. The summed E-state index contributed by atoms with van der Waals surface area (Å²) < 4.78 is 43.4. The number of pyridine rings is 1. The first kappa shape index (κ1) is 29.7. The van der Waals surface area contributed by atoms with Crippen molar-refractivity contribution >= 4 is 11.8 Å². The van der Waals surface area contributed by atoms with E-state index in [0.717, 1.165) is 5.56 Å². The fraction of sp³-hybridized carbons (Fsp3) is 0.519. The van der Waals surface area contributed by atoms with Gasteiger partial charge in [-0.2, -0.15) is 13.2 Å². The molecule has 1 fully saturated rings. The number of carbonyl (C=O) groups is 2. The van der Waals surface area contributed by atoms with Gasteiger partial charge in [0.2, 0.25) is 11.8 Å². The maximum atomic E-state index is 13.6. The molecule has 40 heavy (non-hydrogen) atoms. The van der Waals surface area contributed by atoms with Gasteiger partial charge in [0.05, 0.1) is 12.1 Å². The molecule has 4 rings (SSSR count). The summed E-state index contributed by atoms with van der Waals surface area (Å²) in [4.78, 5) is 31.8. The number of para-hydroxylation sites is 1. The predicted octanol–water partition coefficient (Wildman–Crippen LogP) is 0.554. The van der Waals surface area contributed by atoms with Gasteiger partial charge in [0, 0.05) is 50.1 Å². The Balaban J connectivity index is 1.45. The molecule has 218 valence electrons. The Morgan fingerprint density at radius 2 is 2.02 bits per heavy atom.